The fourth-order valence-corrected chi connectivity index (χ4v) is 4.53. The number of sulfonamides is 1. The van der Waals surface area contributed by atoms with E-state index in [9.17, 15) is 18.0 Å². The Labute approximate surface area is 170 Å². The van der Waals surface area contributed by atoms with Crippen LogP contribution in [0.1, 0.15) is 27.7 Å². The van der Waals surface area contributed by atoms with Crippen LogP contribution in [0.3, 0.4) is 0 Å². The van der Waals surface area contributed by atoms with Gasteiger partial charge in [0.15, 0.2) is 5.78 Å². The normalized spacial score (nSPS) is 15.8. The number of carbonyl (C=O) groups excluding carboxylic acids is 2. The first-order chi connectivity index (χ1) is 13.6. The predicted molar refractivity (Wildman–Crippen MR) is 111 cm³/mol. The molecule has 0 saturated carbocycles. The number of ether oxygens (including phenoxy) is 1. The average molecular weight is 416 g/mol. The molecule has 0 unspecified atom stereocenters. The predicted octanol–water partition coefficient (Wildman–Crippen LogP) is 3.84. The van der Waals surface area contributed by atoms with E-state index >= 15 is 0 Å². The topological polar surface area (TPSA) is 84.0 Å². The van der Waals surface area contributed by atoms with E-state index in [1.165, 1.54) is 29.2 Å². The second-order valence-electron chi connectivity index (χ2n) is 7.71. The summed E-state index contributed by atoms with van der Waals surface area (Å²) in [5.74, 6) is 0.393. The van der Waals surface area contributed by atoms with Gasteiger partial charge in [0.25, 0.3) is 10.0 Å². The molecule has 29 heavy (non-hydrogen) atoms. The molecule has 0 aliphatic carbocycles. The molecular formula is C21H24N2O5S. The van der Waals surface area contributed by atoms with Gasteiger partial charge in [-0.2, -0.15) is 4.31 Å². The third kappa shape index (κ3) is 3.85. The minimum absolute atomic E-state index is 0.0183. The number of amides is 2. The van der Waals surface area contributed by atoms with Crippen molar-refractivity contribution < 1.29 is 22.7 Å². The largest absolute Gasteiger partial charge is 0.494 e. The van der Waals surface area contributed by atoms with E-state index in [0.717, 1.165) is 4.31 Å². The Kier molecular flexibility index (Phi) is 5.40. The fraction of sp³-hybridized carbons (Fsp3) is 0.333. The maximum absolute atomic E-state index is 13.3. The molecule has 2 aromatic carbocycles. The van der Waals surface area contributed by atoms with Crippen molar-refractivity contribution in [1.29, 1.82) is 0 Å². The maximum Gasteiger partial charge on any atom is 0.343 e. The third-order valence-electron chi connectivity index (χ3n) is 4.60. The lowest BCUT2D eigenvalue weighted by Crippen LogP contribution is -2.53. The molecule has 3 rings (SSSR count). The third-order valence-corrected chi connectivity index (χ3v) is 6.35. The highest BCUT2D eigenvalue weighted by molar-refractivity contribution is 7.94. The summed E-state index contributed by atoms with van der Waals surface area (Å²) in [7, 11) is -4.12. The quantitative estimate of drug-likeness (QED) is 0.739. The van der Waals surface area contributed by atoms with Gasteiger partial charge in [-0.25, -0.2) is 13.2 Å². The van der Waals surface area contributed by atoms with Crippen molar-refractivity contribution >= 4 is 33.2 Å². The van der Waals surface area contributed by atoms with Crippen LogP contribution in [0.25, 0.3) is 0 Å². The number of rotatable bonds is 5. The molecule has 0 spiro atoms. The zero-order valence-corrected chi connectivity index (χ0v) is 17.7. The zero-order valence-electron chi connectivity index (χ0n) is 16.9. The molecule has 0 bridgehead atoms. The van der Waals surface area contributed by atoms with E-state index in [0.29, 0.717) is 12.4 Å². The van der Waals surface area contributed by atoms with Gasteiger partial charge in [0.1, 0.15) is 10.6 Å². The molecule has 0 N–H and O–H groups in total. The number of Topliss-reactive ketones (excluding diaryl/α,β-unsaturated/α-hetero) is 1. The van der Waals surface area contributed by atoms with Crippen LogP contribution in [0.5, 0.6) is 5.75 Å². The SMILES string of the molecule is CCOc1ccc(N2C(=O)N(CC(=O)C(C)(C)C)c3ccccc3S2(=O)=O)cc1. The number of nitrogens with zero attached hydrogens (tertiary/aromatic N) is 2. The van der Waals surface area contributed by atoms with Crippen LogP contribution in [0.4, 0.5) is 16.2 Å². The molecule has 2 aromatic rings. The van der Waals surface area contributed by atoms with Crippen molar-refractivity contribution in [3.8, 4) is 5.75 Å². The van der Waals surface area contributed by atoms with Crippen LogP contribution in [0, 0.1) is 5.41 Å². The molecule has 8 heteroatoms. The summed E-state index contributed by atoms with van der Waals surface area (Å²) in [6, 6.07) is 11.7. The number of benzene rings is 2. The van der Waals surface area contributed by atoms with E-state index in [2.05, 4.69) is 0 Å². The van der Waals surface area contributed by atoms with Crippen molar-refractivity contribution in [2.75, 3.05) is 22.4 Å². The summed E-state index contributed by atoms with van der Waals surface area (Å²) in [6.45, 7) is 7.37. The highest BCUT2D eigenvalue weighted by Crippen LogP contribution is 2.37. The zero-order chi connectivity index (χ0) is 21.4. The summed E-state index contributed by atoms with van der Waals surface area (Å²) in [4.78, 5) is 27.1. The van der Waals surface area contributed by atoms with Crippen LogP contribution in [0.2, 0.25) is 0 Å². The number of urea groups is 1. The Bertz CT molecular complexity index is 1040. The van der Waals surface area contributed by atoms with Crippen LogP contribution < -0.4 is 13.9 Å². The Morgan fingerprint density at radius 2 is 1.66 bits per heavy atom. The molecular weight excluding hydrogens is 392 g/mol. The molecule has 154 valence electrons. The lowest BCUT2D eigenvalue weighted by atomic mass is 9.90. The van der Waals surface area contributed by atoms with Gasteiger partial charge in [-0.3, -0.25) is 9.69 Å². The van der Waals surface area contributed by atoms with Crippen molar-refractivity contribution in [3.63, 3.8) is 0 Å². The van der Waals surface area contributed by atoms with Gasteiger partial charge in [0.2, 0.25) is 0 Å². The molecule has 7 nitrogen and oxygen atoms in total. The molecule has 0 fully saturated rings. The molecule has 0 atom stereocenters. The van der Waals surface area contributed by atoms with Crippen molar-refractivity contribution in [2.24, 2.45) is 5.41 Å². The van der Waals surface area contributed by atoms with E-state index in [4.69, 9.17) is 4.74 Å². The number of hydrogen-bond acceptors (Lipinski definition) is 5. The molecule has 0 aromatic heterocycles. The summed E-state index contributed by atoms with van der Waals surface area (Å²) >= 11 is 0. The highest BCUT2D eigenvalue weighted by Gasteiger charge is 2.43. The minimum Gasteiger partial charge on any atom is -0.494 e. The minimum atomic E-state index is -4.12. The first-order valence-corrected chi connectivity index (χ1v) is 10.7. The molecule has 0 radical (unpaired) electrons. The Hall–Kier alpha value is -2.87. The Morgan fingerprint density at radius 3 is 2.24 bits per heavy atom. The smallest absolute Gasteiger partial charge is 0.343 e. The number of ketones is 1. The van der Waals surface area contributed by atoms with Crippen molar-refractivity contribution in [1.82, 2.24) is 0 Å². The summed E-state index contributed by atoms with van der Waals surface area (Å²) in [5.41, 5.74) is -0.284. The van der Waals surface area contributed by atoms with Gasteiger partial charge in [0, 0.05) is 5.41 Å². The van der Waals surface area contributed by atoms with Gasteiger partial charge in [0.05, 0.1) is 24.5 Å². The van der Waals surface area contributed by atoms with E-state index in [1.54, 1.807) is 45.0 Å². The molecule has 0 saturated heterocycles. The molecule has 2 amide bonds. The number of para-hydroxylation sites is 1. The summed E-state index contributed by atoms with van der Waals surface area (Å²) in [5, 5.41) is 0. The maximum atomic E-state index is 13.3. The van der Waals surface area contributed by atoms with Crippen LogP contribution >= 0.6 is 0 Å². The summed E-state index contributed by atoms with van der Waals surface area (Å²) in [6.07, 6.45) is 0. The van der Waals surface area contributed by atoms with Crippen LogP contribution in [-0.2, 0) is 14.8 Å². The fourth-order valence-electron chi connectivity index (χ4n) is 2.94. The Balaban J connectivity index is 2.10. The van der Waals surface area contributed by atoms with Gasteiger partial charge < -0.3 is 4.74 Å². The van der Waals surface area contributed by atoms with Crippen molar-refractivity contribution in [3.05, 3.63) is 48.5 Å². The van der Waals surface area contributed by atoms with E-state index in [-0.39, 0.29) is 28.6 Å². The van der Waals surface area contributed by atoms with E-state index < -0.39 is 21.5 Å². The molecule has 1 aliphatic heterocycles. The van der Waals surface area contributed by atoms with Gasteiger partial charge >= 0.3 is 6.03 Å². The number of fused-ring (bicyclic) bond motifs is 1. The highest BCUT2D eigenvalue weighted by atomic mass is 32.2. The first kappa shape index (κ1) is 20.9. The second-order valence-corrected chi connectivity index (χ2v) is 9.46. The molecule has 1 aliphatic rings. The number of anilines is 2. The van der Waals surface area contributed by atoms with E-state index in [1.807, 2.05) is 6.92 Å². The lowest BCUT2D eigenvalue weighted by Gasteiger charge is -2.36. The van der Waals surface area contributed by atoms with Gasteiger partial charge in [-0.05, 0) is 43.3 Å². The van der Waals surface area contributed by atoms with Crippen molar-refractivity contribution in [2.45, 2.75) is 32.6 Å². The average Bonchev–Trinajstić information content (AvgIpc) is 2.66. The van der Waals surface area contributed by atoms with Crippen LogP contribution in [-0.4, -0.2) is 33.4 Å². The Morgan fingerprint density at radius 1 is 1.03 bits per heavy atom. The number of carbonyl (C=O) groups is 2. The first-order valence-electron chi connectivity index (χ1n) is 9.29. The van der Waals surface area contributed by atoms with Gasteiger partial charge in [-0.15, -0.1) is 0 Å². The van der Waals surface area contributed by atoms with Crippen LogP contribution in [0.15, 0.2) is 53.4 Å². The van der Waals surface area contributed by atoms with Gasteiger partial charge in [-0.1, -0.05) is 32.9 Å². The molecule has 1 heterocycles. The lowest BCUT2D eigenvalue weighted by molar-refractivity contribution is -0.124. The monoisotopic (exact) mass is 416 g/mol. The number of hydrogen-bond donors (Lipinski definition) is 0. The standard InChI is InChI=1S/C21H24N2O5S/c1-5-28-16-12-10-15(11-13-16)23-20(25)22(14-19(24)21(2,3)4)17-8-6-7-9-18(17)29(23,26)27/h6-13H,5,14H2,1-4H3. The summed E-state index contributed by atoms with van der Waals surface area (Å²) < 4.78 is 32.6. The second kappa shape index (κ2) is 7.51.